The molecule has 0 N–H and O–H groups in total. The third-order valence-corrected chi connectivity index (χ3v) is 4.92. The first kappa shape index (κ1) is 14.5. The van der Waals surface area contributed by atoms with Crippen molar-refractivity contribution in [2.45, 2.75) is 12.1 Å². The van der Waals surface area contributed by atoms with E-state index < -0.39 is 0 Å². The van der Waals surface area contributed by atoms with Gasteiger partial charge < -0.3 is 0 Å². The normalized spacial score (nSPS) is 13.6. The lowest BCUT2D eigenvalue weighted by Crippen LogP contribution is -2.13. The molecule has 0 saturated heterocycles. The number of aromatic nitrogens is 3. The van der Waals surface area contributed by atoms with E-state index in [4.69, 9.17) is 16.7 Å². The lowest BCUT2D eigenvalue weighted by atomic mass is 10.1. The number of halogens is 1. The fraction of sp³-hybridized carbons (Fsp3) is 0.118. The summed E-state index contributed by atoms with van der Waals surface area (Å²) in [5.41, 5.74) is 4.26. The number of fused-ring (bicyclic) bond motifs is 1. The molecule has 0 aliphatic carbocycles. The van der Waals surface area contributed by atoms with Crippen LogP contribution in [0.25, 0.3) is 11.4 Å². The zero-order valence-electron chi connectivity index (χ0n) is 12.4. The van der Waals surface area contributed by atoms with E-state index in [2.05, 4.69) is 23.2 Å². The highest BCUT2D eigenvalue weighted by Crippen LogP contribution is 2.29. The molecule has 0 bridgehead atoms. The van der Waals surface area contributed by atoms with Gasteiger partial charge in [0.15, 0.2) is 5.82 Å². The van der Waals surface area contributed by atoms with Crippen molar-refractivity contribution in [1.29, 1.82) is 0 Å². The molecule has 0 atom stereocenters. The SMILES string of the molecule is Cc1ccccc1-c1nnc2n1N=C(c1ccc(Cl)cc1)CS2. The summed E-state index contributed by atoms with van der Waals surface area (Å²) in [6, 6.07) is 15.9. The van der Waals surface area contributed by atoms with E-state index in [9.17, 15) is 0 Å². The smallest absolute Gasteiger partial charge is 0.187 e. The van der Waals surface area contributed by atoms with Gasteiger partial charge in [-0.3, -0.25) is 0 Å². The number of thioether (sulfide) groups is 1. The molecule has 0 unspecified atom stereocenters. The maximum Gasteiger partial charge on any atom is 0.212 e. The third-order valence-electron chi connectivity index (χ3n) is 3.73. The summed E-state index contributed by atoms with van der Waals surface area (Å²) in [5, 5.41) is 14.9. The minimum absolute atomic E-state index is 0.725. The molecule has 1 aliphatic heterocycles. The van der Waals surface area contributed by atoms with E-state index in [1.54, 1.807) is 11.8 Å². The van der Waals surface area contributed by atoms with Gasteiger partial charge in [-0.2, -0.15) is 9.78 Å². The number of benzene rings is 2. The van der Waals surface area contributed by atoms with Crippen molar-refractivity contribution in [3.8, 4) is 11.4 Å². The standard InChI is InChI=1S/C17H13ClN4S/c1-11-4-2-3-5-14(11)16-19-20-17-22(16)21-15(10-23-17)12-6-8-13(18)9-7-12/h2-9H,10H2,1H3. The van der Waals surface area contributed by atoms with Crippen LogP contribution in [0.2, 0.25) is 5.02 Å². The van der Waals surface area contributed by atoms with Gasteiger partial charge in [-0.25, -0.2) is 0 Å². The van der Waals surface area contributed by atoms with Crippen LogP contribution in [0.4, 0.5) is 0 Å². The first-order valence-electron chi connectivity index (χ1n) is 7.20. The number of nitrogens with zero attached hydrogens (tertiary/aromatic N) is 4. The maximum absolute atomic E-state index is 5.97. The zero-order chi connectivity index (χ0) is 15.8. The Morgan fingerprint density at radius 1 is 1.04 bits per heavy atom. The molecule has 3 aromatic rings. The van der Waals surface area contributed by atoms with E-state index in [1.165, 1.54) is 0 Å². The van der Waals surface area contributed by atoms with Gasteiger partial charge in [0.05, 0.1) is 5.71 Å². The second-order valence-corrected chi connectivity index (χ2v) is 6.65. The highest BCUT2D eigenvalue weighted by molar-refractivity contribution is 7.99. The molecule has 6 heteroatoms. The Labute approximate surface area is 143 Å². The summed E-state index contributed by atoms with van der Waals surface area (Å²) < 4.78 is 1.83. The van der Waals surface area contributed by atoms with E-state index in [0.717, 1.165) is 44.2 Å². The predicted molar refractivity (Wildman–Crippen MR) is 94.3 cm³/mol. The molecule has 114 valence electrons. The van der Waals surface area contributed by atoms with Gasteiger partial charge in [0.1, 0.15) is 0 Å². The van der Waals surface area contributed by atoms with Gasteiger partial charge in [0.2, 0.25) is 5.16 Å². The molecular formula is C17H13ClN4S. The van der Waals surface area contributed by atoms with E-state index in [0.29, 0.717) is 0 Å². The molecule has 0 saturated carbocycles. The van der Waals surface area contributed by atoms with Crippen LogP contribution in [-0.2, 0) is 0 Å². The fourth-order valence-corrected chi connectivity index (χ4v) is 3.47. The van der Waals surface area contributed by atoms with Crippen molar-refractivity contribution in [3.63, 3.8) is 0 Å². The van der Waals surface area contributed by atoms with Crippen LogP contribution in [0.5, 0.6) is 0 Å². The average Bonchev–Trinajstić information content (AvgIpc) is 2.99. The molecule has 0 radical (unpaired) electrons. The molecular weight excluding hydrogens is 328 g/mol. The highest BCUT2D eigenvalue weighted by Gasteiger charge is 2.21. The van der Waals surface area contributed by atoms with Crippen molar-refractivity contribution in [3.05, 3.63) is 64.7 Å². The summed E-state index contributed by atoms with van der Waals surface area (Å²) in [7, 11) is 0. The first-order valence-corrected chi connectivity index (χ1v) is 8.57. The molecule has 4 nitrogen and oxygen atoms in total. The van der Waals surface area contributed by atoms with Gasteiger partial charge >= 0.3 is 0 Å². The second-order valence-electron chi connectivity index (χ2n) is 5.28. The van der Waals surface area contributed by atoms with E-state index in [-0.39, 0.29) is 0 Å². The zero-order valence-corrected chi connectivity index (χ0v) is 14.0. The van der Waals surface area contributed by atoms with Crippen molar-refractivity contribution in [2.75, 3.05) is 5.75 Å². The van der Waals surface area contributed by atoms with Gasteiger partial charge in [0, 0.05) is 16.3 Å². The second kappa shape index (κ2) is 5.83. The van der Waals surface area contributed by atoms with Gasteiger partial charge in [0.25, 0.3) is 0 Å². The number of hydrogen-bond acceptors (Lipinski definition) is 4. The fourth-order valence-electron chi connectivity index (χ4n) is 2.50. The Balaban J connectivity index is 1.81. The van der Waals surface area contributed by atoms with Crippen molar-refractivity contribution < 1.29 is 0 Å². The molecule has 0 amide bonds. The van der Waals surface area contributed by atoms with Crippen LogP contribution in [0.1, 0.15) is 11.1 Å². The van der Waals surface area contributed by atoms with Crippen LogP contribution in [0.3, 0.4) is 0 Å². The Kier molecular flexibility index (Phi) is 3.67. The summed E-state index contributed by atoms with van der Waals surface area (Å²) in [4.78, 5) is 0. The lowest BCUT2D eigenvalue weighted by molar-refractivity contribution is 0.762. The Morgan fingerprint density at radius 2 is 1.83 bits per heavy atom. The number of aryl methyl sites for hydroxylation is 1. The molecule has 0 spiro atoms. The van der Waals surface area contributed by atoms with Crippen LogP contribution in [-0.4, -0.2) is 26.3 Å². The minimum Gasteiger partial charge on any atom is -0.187 e. The quantitative estimate of drug-likeness (QED) is 0.700. The van der Waals surface area contributed by atoms with E-state index >= 15 is 0 Å². The van der Waals surface area contributed by atoms with Gasteiger partial charge in [-0.15, -0.1) is 10.2 Å². The Morgan fingerprint density at radius 3 is 2.61 bits per heavy atom. The van der Waals surface area contributed by atoms with Crippen LogP contribution in [0.15, 0.2) is 58.8 Å². The van der Waals surface area contributed by atoms with Gasteiger partial charge in [-0.1, -0.05) is 59.8 Å². The predicted octanol–water partition coefficient (Wildman–Crippen LogP) is 4.27. The minimum atomic E-state index is 0.725. The molecule has 1 aromatic heterocycles. The molecule has 1 aliphatic rings. The summed E-state index contributed by atoms with van der Waals surface area (Å²) >= 11 is 7.61. The summed E-state index contributed by atoms with van der Waals surface area (Å²) in [6.07, 6.45) is 0. The number of hydrogen-bond donors (Lipinski definition) is 0. The highest BCUT2D eigenvalue weighted by atomic mass is 35.5. The molecule has 2 aromatic carbocycles. The number of rotatable bonds is 2. The van der Waals surface area contributed by atoms with Crippen LogP contribution < -0.4 is 0 Å². The summed E-state index contributed by atoms with van der Waals surface area (Å²) in [6.45, 7) is 2.07. The van der Waals surface area contributed by atoms with Crippen molar-refractivity contribution in [1.82, 2.24) is 14.9 Å². The monoisotopic (exact) mass is 340 g/mol. The molecule has 0 fully saturated rings. The van der Waals surface area contributed by atoms with Crippen molar-refractivity contribution >= 4 is 29.1 Å². The Hall–Kier alpha value is -2.11. The molecule has 4 rings (SSSR count). The average molecular weight is 341 g/mol. The molecule has 2 heterocycles. The Bertz CT molecular complexity index is 899. The van der Waals surface area contributed by atoms with Gasteiger partial charge in [-0.05, 0) is 30.2 Å². The first-order chi connectivity index (χ1) is 11.2. The lowest BCUT2D eigenvalue weighted by Gasteiger charge is -2.14. The largest absolute Gasteiger partial charge is 0.212 e. The van der Waals surface area contributed by atoms with E-state index in [1.807, 2.05) is 47.1 Å². The summed E-state index contributed by atoms with van der Waals surface area (Å²) in [5.74, 6) is 1.55. The molecule has 23 heavy (non-hydrogen) atoms. The third kappa shape index (κ3) is 2.66. The topological polar surface area (TPSA) is 43.1 Å². The van der Waals surface area contributed by atoms with Crippen molar-refractivity contribution in [2.24, 2.45) is 5.10 Å². The van der Waals surface area contributed by atoms with Crippen LogP contribution in [0, 0.1) is 6.92 Å². The maximum atomic E-state index is 5.97. The van der Waals surface area contributed by atoms with Crippen LogP contribution >= 0.6 is 23.4 Å².